The summed E-state index contributed by atoms with van der Waals surface area (Å²) >= 11 is 1.51. The Hall–Kier alpha value is -2.78. The topological polar surface area (TPSA) is 79.2 Å². The van der Waals surface area contributed by atoms with Crippen LogP contribution >= 0.6 is 11.8 Å². The van der Waals surface area contributed by atoms with Gasteiger partial charge in [0.05, 0.1) is 17.2 Å². The lowest BCUT2D eigenvalue weighted by Gasteiger charge is -2.13. The molecule has 28 heavy (non-hydrogen) atoms. The fraction of sp³-hybridized carbons (Fsp3) is 0.318. The van der Waals surface area contributed by atoms with E-state index in [9.17, 15) is 9.59 Å². The zero-order valence-electron chi connectivity index (χ0n) is 16.1. The molecular formula is C22H24N2O3S. The van der Waals surface area contributed by atoms with E-state index < -0.39 is 5.97 Å². The van der Waals surface area contributed by atoms with Gasteiger partial charge in [-0.3, -0.25) is 4.79 Å². The molecule has 0 fully saturated rings. The van der Waals surface area contributed by atoms with Crippen molar-refractivity contribution in [3.63, 3.8) is 0 Å². The molecule has 1 amide bonds. The molecule has 0 unspecified atom stereocenters. The molecule has 0 aliphatic carbocycles. The second-order valence-electron chi connectivity index (χ2n) is 6.43. The van der Waals surface area contributed by atoms with E-state index in [0.717, 1.165) is 23.3 Å². The molecule has 2 aromatic carbocycles. The summed E-state index contributed by atoms with van der Waals surface area (Å²) < 4.78 is 5.19. The Labute approximate surface area is 170 Å². The smallest absolute Gasteiger partial charge is 0.339 e. The second-order valence-corrected chi connectivity index (χ2v) is 7.44. The number of carbonyl (C=O) groups excluding carboxylic acids is 2. The summed E-state index contributed by atoms with van der Waals surface area (Å²) in [5, 5.41) is 11.7. The third-order valence-electron chi connectivity index (χ3n) is 4.05. The van der Waals surface area contributed by atoms with Crippen LogP contribution in [0.3, 0.4) is 0 Å². The van der Waals surface area contributed by atoms with E-state index in [2.05, 4.69) is 18.3 Å². The van der Waals surface area contributed by atoms with Crippen molar-refractivity contribution in [1.29, 1.82) is 5.26 Å². The fourth-order valence-corrected chi connectivity index (χ4v) is 3.62. The Morgan fingerprint density at radius 1 is 1.18 bits per heavy atom. The van der Waals surface area contributed by atoms with Gasteiger partial charge in [0, 0.05) is 16.7 Å². The zero-order chi connectivity index (χ0) is 20.4. The van der Waals surface area contributed by atoms with Crippen molar-refractivity contribution in [2.45, 2.75) is 43.4 Å². The van der Waals surface area contributed by atoms with Crippen LogP contribution in [0.2, 0.25) is 0 Å². The number of carbonyl (C=O) groups is 2. The predicted molar refractivity (Wildman–Crippen MR) is 110 cm³/mol. The molecule has 146 valence electrons. The van der Waals surface area contributed by atoms with Gasteiger partial charge >= 0.3 is 5.97 Å². The number of benzene rings is 2. The third-order valence-corrected chi connectivity index (χ3v) is 5.19. The molecule has 0 saturated carbocycles. The van der Waals surface area contributed by atoms with Gasteiger partial charge in [0.2, 0.25) is 0 Å². The maximum Gasteiger partial charge on any atom is 0.339 e. The SMILES string of the molecule is CCC[C@H](C)NC(=O)COC(=O)c1ccccc1SCc1ccc(C#N)cc1. The number of hydrogen-bond acceptors (Lipinski definition) is 5. The van der Waals surface area contributed by atoms with E-state index in [4.69, 9.17) is 10.00 Å². The van der Waals surface area contributed by atoms with Gasteiger partial charge in [-0.2, -0.15) is 5.26 Å². The van der Waals surface area contributed by atoms with Gasteiger partial charge in [-0.1, -0.05) is 37.6 Å². The summed E-state index contributed by atoms with van der Waals surface area (Å²) in [6.07, 6.45) is 1.86. The highest BCUT2D eigenvalue weighted by Gasteiger charge is 2.15. The Bertz CT molecular complexity index is 844. The average Bonchev–Trinajstić information content (AvgIpc) is 2.71. The highest BCUT2D eigenvalue weighted by molar-refractivity contribution is 7.98. The summed E-state index contributed by atoms with van der Waals surface area (Å²) in [6.45, 7) is 3.69. The lowest BCUT2D eigenvalue weighted by Crippen LogP contribution is -2.35. The molecule has 0 radical (unpaired) electrons. The van der Waals surface area contributed by atoms with Crippen LogP contribution < -0.4 is 5.32 Å². The van der Waals surface area contributed by atoms with Crippen molar-refractivity contribution in [1.82, 2.24) is 5.32 Å². The lowest BCUT2D eigenvalue weighted by molar-refractivity contribution is -0.124. The fourth-order valence-electron chi connectivity index (χ4n) is 2.63. The molecule has 5 nitrogen and oxygen atoms in total. The first-order chi connectivity index (χ1) is 13.5. The van der Waals surface area contributed by atoms with Gasteiger partial charge in [-0.25, -0.2) is 4.79 Å². The van der Waals surface area contributed by atoms with Crippen LogP contribution in [0, 0.1) is 11.3 Å². The number of hydrogen-bond donors (Lipinski definition) is 1. The summed E-state index contributed by atoms with van der Waals surface area (Å²) in [6, 6.07) is 16.7. The van der Waals surface area contributed by atoms with E-state index >= 15 is 0 Å². The number of nitriles is 1. The van der Waals surface area contributed by atoms with Gasteiger partial charge in [0.25, 0.3) is 5.91 Å². The number of esters is 1. The number of amides is 1. The largest absolute Gasteiger partial charge is 0.452 e. The van der Waals surface area contributed by atoms with E-state index in [1.54, 1.807) is 24.3 Å². The van der Waals surface area contributed by atoms with Gasteiger partial charge in [0.1, 0.15) is 0 Å². The van der Waals surface area contributed by atoms with Crippen molar-refractivity contribution >= 4 is 23.6 Å². The van der Waals surface area contributed by atoms with Gasteiger partial charge in [-0.05, 0) is 43.2 Å². The van der Waals surface area contributed by atoms with Crippen molar-refractivity contribution in [2.24, 2.45) is 0 Å². The minimum Gasteiger partial charge on any atom is -0.452 e. The third kappa shape index (κ3) is 6.75. The first kappa shape index (κ1) is 21.5. The number of nitrogens with zero attached hydrogens (tertiary/aromatic N) is 1. The molecule has 0 aliphatic heterocycles. The van der Waals surface area contributed by atoms with Crippen LogP contribution in [0.25, 0.3) is 0 Å². The molecule has 0 saturated heterocycles. The molecular weight excluding hydrogens is 372 g/mol. The number of rotatable bonds is 9. The highest BCUT2D eigenvalue weighted by Crippen LogP contribution is 2.27. The number of nitrogens with one attached hydrogen (secondary N) is 1. The van der Waals surface area contributed by atoms with Gasteiger partial charge in [0.15, 0.2) is 6.61 Å². The molecule has 2 aromatic rings. The second kappa shape index (κ2) is 11.2. The molecule has 1 atom stereocenters. The first-order valence-corrected chi connectivity index (χ1v) is 10.2. The Balaban J connectivity index is 1.93. The average molecular weight is 397 g/mol. The molecule has 0 aromatic heterocycles. The summed E-state index contributed by atoms with van der Waals surface area (Å²) in [4.78, 5) is 25.1. The van der Waals surface area contributed by atoms with Crippen LogP contribution in [-0.2, 0) is 15.3 Å². The molecule has 0 heterocycles. The van der Waals surface area contributed by atoms with Crippen molar-refractivity contribution in [3.05, 3.63) is 65.2 Å². The van der Waals surface area contributed by atoms with Crippen molar-refractivity contribution in [3.8, 4) is 6.07 Å². The Morgan fingerprint density at radius 3 is 2.57 bits per heavy atom. The number of thioether (sulfide) groups is 1. The number of ether oxygens (including phenoxy) is 1. The summed E-state index contributed by atoms with van der Waals surface area (Å²) in [5.74, 6) is -0.149. The van der Waals surface area contributed by atoms with Crippen molar-refractivity contribution in [2.75, 3.05) is 6.61 Å². The molecule has 1 N–H and O–H groups in total. The highest BCUT2D eigenvalue weighted by atomic mass is 32.2. The van der Waals surface area contributed by atoms with Crippen LogP contribution in [-0.4, -0.2) is 24.5 Å². The molecule has 6 heteroatoms. The molecule has 0 bridgehead atoms. The molecule has 2 rings (SSSR count). The van der Waals surface area contributed by atoms with Crippen LogP contribution in [0.1, 0.15) is 48.2 Å². The first-order valence-electron chi connectivity index (χ1n) is 9.20. The van der Waals surface area contributed by atoms with Gasteiger partial charge < -0.3 is 10.1 Å². The standard InChI is InChI=1S/C22H24N2O3S/c1-3-6-16(2)24-21(25)14-27-22(26)19-7-4-5-8-20(19)28-15-18-11-9-17(13-23)10-12-18/h4-5,7-12,16H,3,6,14-15H2,1-2H3,(H,24,25)/t16-/m0/s1. The zero-order valence-corrected chi connectivity index (χ0v) is 16.9. The maximum absolute atomic E-state index is 12.4. The lowest BCUT2D eigenvalue weighted by atomic mass is 10.2. The van der Waals surface area contributed by atoms with E-state index in [1.165, 1.54) is 11.8 Å². The van der Waals surface area contributed by atoms with Crippen LogP contribution in [0.4, 0.5) is 0 Å². The van der Waals surface area contributed by atoms with E-state index in [1.807, 2.05) is 31.2 Å². The Kier molecular flexibility index (Phi) is 8.57. The van der Waals surface area contributed by atoms with E-state index in [0.29, 0.717) is 16.9 Å². The summed E-state index contributed by atoms with van der Waals surface area (Å²) in [7, 11) is 0. The maximum atomic E-state index is 12.4. The van der Waals surface area contributed by atoms with Crippen LogP contribution in [0.5, 0.6) is 0 Å². The minimum atomic E-state index is -0.513. The van der Waals surface area contributed by atoms with E-state index in [-0.39, 0.29) is 18.6 Å². The van der Waals surface area contributed by atoms with Gasteiger partial charge in [-0.15, -0.1) is 11.8 Å². The molecule has 0 aliphatic rings. The monoisotopic (exact) mass is 396 g/mol. The summed E-state index contributed by atoms with van der Waals surface area (Å²) in [5.41, 5.74) is 2.11. The predicted octanol–water partition coefficient (Wildman–Crippen LogP) is 4.31. The quantitative estimate of drug-likeness (QED) is 0.505. The van der Waals surface area contributed by atoms with Crippen molar-refractivity contribution < 1.29 is 14.3 Å². The molecule has 0 spiro atoms. The minimum absolute atomic E-state index is 0.0615. The normalized spacial score (nSPS) is 11.3. The Morgan fingerprint density at radius 2 is 1.89 bits per heavy atom. The van der Waals surface area contributed by atoms with Crippen LogP contribution in [0.15, 0.2) is 53.4 Å².